The van der Waals surface area contributed by atoms with E-state index in [2.05, 4.69) is 16.0 Å². The van der Waals surface area contributed by atoms with Crippen molar-refractivity contribution in [1.82, 2.24) is 16.0 Å². The lowest BCUT2D eigenvalue weighted by Crippen LogP contribution is -2.55. The fourth-order valence-corrected chi connectivity index (χ4v) is 3.14. The molecular weight excluding hydrogens is 412 g/mol. The number of carbonyl (C=O) groups excluding carboxylic acids is 3. The Hall–Kier alpha value is -2.94. The van der Waals surface area contributed by atoms with Gasteiger partial charge in [-0.25, -0.2) is 4.79 Å². The number of nitrogens with one attached hydrogen (secondary N) is 3. The maximum absolute atomic E-state index is 12.7. The van der Waals surface area contributed by atoms with Crippen molar-refractivity contribution in [2.45, 2.75) is 65.1 Å². The Balaban J connectivity index is 2.66. The van der Waals surface area contributed by atoms with Crippen molar-refractivity contribution in [3.63, 3.8) is 0 Å². The van der Waals surface area contributed by atoms with Gasteiger partial charge >= 0.3 is 5.97 Å². The second-order valence-electron chi connectivity index (χ2n) is 8.47. The molecular formula is C23H36N4O5. The number of carboxylic acids is 1. The maximum atomic E-state index is 12.7. The molecule has 0 aromatic heterocycles. The molecule has 4 unspecified atom stereocenters. The van der Waals surface area contributed by atoms with Crippen molar-refractivity contribution in [2.75, 3.05) is 6.54 Å². The molecule has 178 valence electrons. The molecule has 6 N–H and O–H groups in total. The predicted octanol–water partition coefficient (Wildman–Crippen LogP) is 0.819. The van der Waals surface area contributed by atoms with Crippen LogP contribution in [0.4, 0.5) is 0 Å². The van der Waals surface area contributed by atoms with Gasteiger partial charge in [-0.3, -0.25) is 14.4 Å². The van der Waals surface area contributed by atoms with Crippen LogP contribution in [-0.4, -0.2) is 53.5 Å². The molecule has 0 saturated heterocycles. The van der Waals surface area contributed by atoms with Gasteiger partial charge in [-0.2, -0.15) is 0 Å². The summed E-state index contributed by atoms with van der Waals surface area (Å²) in [5.41, 5.74) is 6.82. The van der Waals surface area contributed by atoms with Crippen LogP contribution in [-0.2, 0) is 25.6 Å². The van der Waals surface area contributed by atoms with Gasteiger partial charge in [0.1, 0.15) is 12.1 Å². The molecule has 0 heterocycles. The summed E-state index contributed by atoms with van der Waals surface area (Å²) < 4.78 is 0. The lowest BCUT2D eigenvalue weighted by Gasteiger charge is -2.25. The first-order valence-electron chi connectivity index (χ1n) is 10.9. The third-order valence-electron chi connectivity index (χ3n) is 5.19. The Morgan fingerprint density at radius 2 is 1.62 bits per heavy atom. The van der Waals surface area contributed by atoms with E-state index in [9.17, 15) is 24.3 Å². The van der Waals surface area contributed by atoms with Crippen molar-refractivity contribution in [3.05, 3.63) is 35.9 Å². The van der Waals surface area contributed by atoms with Crippen molar-refractivity contribution in [2.24, 2.45) is 17.6 Å². The van der Waals surface area contributed by atoms with E-state index in [0.29, 0.717) is 19.3 Å². The van der Waals surface area contributed by atoms with Crippen molar-refractivity contribution < 1.29 is 24.3 Å². The Morgan fingerprint density at radius 1 is 1.00 bits per heavy atom. The monoisotopic (exact) mass is 448 g/mol. The Bertz CT molecular complexity index is 769. The normalized spacial score (nSPS) is 14.7. The smallest absolute Gasteiger partial charge is 0.326 e. The Labute approximate surface area is 189 Å². The maximum Gasteiger partial charge on any atom is 0.326 e. The summed E-state index contributed by atoms with van der Waals surface area (Å²) in [6.07, 6.45) is 1.23. The van der Waals surface area contributed by atoms with Gasteiger partial charge in [-0.15, -0.1) is 0 Å². The van der Waals surface area contributed by atoms with Crippen LogP contribution in [0.15, 0.2) is 30.3 Å². The Morgan fingerprint density at radius 3 is 2.16 bits per heavy atom. The molecule has 32 heavy (non-hydrogen) atoms. The molecule has 0 aliphatic heterocycles. The van der Waals surface area contributed by atoms with E-state index in [4.69, 9.17) is 5.73 Å². The van der Waals surface area contributed by atoms with Gasteiger partial charge < -0.3 is 26.8 Å². The molecule has 0 radical (unpaired) electrons. The number of hydrogen-bond donors (Lipinski definition) is 5. The molecule has 4 atom stereocenters. The molecule has 0 aliphatic carbocycles. The Kier molecular flexibility index (Phi) is 11.4. The fraction of sp³-hybridized carbons (Fsp3) is 0.565. The summed E-state index contributed by atoms with van der Waals surface area (Å²) in [6, 6.07) is 6.51. The van der Waals surface area contributed by atoms with Crippen molar-refractivity contribution in [1.29, 1.82) is 0 Å². The van der Waals surface area contributed by atoms with Crippen LogP contribution >= 0.6 is 0 Å². The van der Waals surface area contributed by atoms with Crippen LogP contribution < -0.4 is 21.7 Å². The van der Waals surface area contributed by atoms with Gasteiger partial charge in [0, 0.05) is 0 Å². The van der Waals surface area contributed by atoms with Gasteiger partial charge in [-0.1, -0.05) is 64.4 Å². The minimum Gasteiger partial charge on any atom is -0.480 e. The topological polar surface area (TPSA) is 151 Å². The molecule has 1 rings (SSSR count). The number of hydrogen-bond acceptors (Lipinski definition) is 5. The average molecular weight is 449 g/mol. The van der Waals surface area contributed by atoms with E-state index in [1.807, 2.05) is 51.1 Å². The van der Waals surface area contributed by atoms with E-state index in [1.54, 1.807) is 6.92 Å². The number of carboxylic acid groups (broad SMARTS) is 1. The summed E-state index contributed by atoms with van der Waals surface area (Å²) in [4.78, 5) is 48.8. The quantitative estimate of drug-likeness (QED) is 0.301. The molecule has 0 bridgehead atoms. The van der Waals surface area contributed by atoms with E-state index in [-0.39, 0.29) is 18.4 Å². The van der Waals surface area contributed by atoms with Crippen LogP contribution in [0.5, 0.6) is 0 Å². The van der Waals surface area contributed by atoms with E-state index < -0.39 is 41.8 Å². The first kappa shape index (κ1) is 27.1. The average Bonchev–Trinajstić information content (AvgIpc) is 2.74. The van der Waals surface area contributed by atoms with Gasteiger partial charge in [0.2, 0.25) is 17.7 Å². The molecule has 9 heteroatoms. The third kappa shape index (κ3) is 9.47. The highest BCUT2D eigenvalue weighted by Gasteiger charge is 2.30. The molecule has 0 aliphatic rings. The van der Waals surface area contributed by atoms with E-state index in [0.717, 1.165) is 5.56 Å². The predicted molar refractivity (Wildman–Crippen MR) is 122 cm³/mol. The van der Waals surface area contributed by atoms with E-state index >= 15 is 0 Å². The first-order chi connectivity index (χ1) is 15.0. The molecule has 0 spiro atoms. The van der Waals surface area contributed by atoms with Crippen molar-refractivity contribution in [3.8, 4) is 0 Å². The number of amides is 3. The number of carbonyl (C=O) groups is 4. The molecule has 0 saturated carbocycles. The molecule has 9 nitrogen and oxygen atoms in total. The SMILES string of the molecule is CCC(C)C(NC(=O)C(CC(C)C)NC(=O)CNC(=O)C(N)Cc1ccccc1)C(=O)O. The fourth-order valence-electron chi connectivity index (χ4n) is 3.14. The summed E-state index contributed by atoms with van der Waals surface area (Å²) >= 11 is 0. The van der Waals surface area contributed by atoms with Crippen LogP contribution in [0.25, 0.3) is 0 Å². The standard InChI is InChI=1S/C23H36N4O5/c1-5-15(4)20(23(31)32)27-22(30)18(11-14(2)3)26-19(28)13-25-21(29)17(24)12-16-9-7-6-8-10-16/h6-10,14-15,17-18,20H,5,11-13,24H2,1-4H3,(H,25,29)(H,26,28)(H,27,30)(H,31,32). The summed E-state index contributed by atoms with van der Waals surface area (Å²) in [5, 5.41) is 17.0. The molecule has 1 aromatic carbocycles. The lowest BCUT2D eigenvalue weighted by molar-refractivity contribution is -0.143. The lowest BCUT2D eigenvalue weighted by atomic mass is 9.97. The summed E-state index contributed by atoms with van der Waals surface area (Å²) in [7, 11) is 0. The molecule has 1 aromatic rings. The zero-order valence-electron chi connectivity index (χ0n) is 19.3. The van der Waals surface area contributed by atoms with Crippen LogP contribution in [0.2, 0.25) is 0 Å². The first-order valence-corrected chi connectivity index (χ1v) is 10.9. The number of rotatable bonds is 13. The van der Waals surface area contributed by atoms with E-state index in [1.165, 1.54) is 0 Å². The summed E-state index contributed by atoms with van der Waals surface area (Å²) in [6.45, 7) is 7.02. The van der Waals surface area contributed by atoms with Crippen LogP contribution in [0.1, 0.15) is 46.1 Å². The molecule has 0 fully saturated rings. The van der Waals surface area contributed by atoms with Gasteiger partial charge in [0.25, 0.3) is 0 Å². The highest BCUT2D eigenvalue weighted by atomic mass is 16.4. The van der Waals surface area contributed by atoms with Crippen LogP contribution in [0, 0.1) is 11.8 Å². The largest absolute Gasteiger partial charge is 0.480 e. The molecule has 3 amide bonds. The third-order valence-corrected chi connectivity index (χ3v) is 5.19. The van der Waals surface area contributed by atoms with Crippen LogP contribution in [0.3, 0.4) is 0 Å². The highest BCUT2D eigenvalue weighted by Crippen LogP contribution is 2.10. The zero-order chi connectivity index (χ0) is 24.3. The highest BCUT2D eigenvalue weighted by molar-refractivity contribution is 5.92. The number of benzene rings is 1. The van der Waals surface area contributed by atoms with Gasteiger partial charge in [0.05, 0.1) is 12.6 Å². The van der Waals surface area contributed by atoms with Crippen molar-refractivity contribution >= 4 is 23.7 Å². The summed E-state index contributed by atoms with van der Waals surface area (Å²) in [5.74, 6) is -2.91. The van der Waals surface area contributed by atoms with Gasteiger partial charge in [0.15, 0.2) is 0 Å². The second-order valence-corrected chi connectivity index (χ2v) is 8.47. The number of nitrogens with two attached hydrogens (primary N) is 1. The zero-order valence-corrected chi connectivity index (χ0v) is 19.3. The second kappa shape index (κ2) is 13.5. The number of aliphatic carboxylic acids is 1. The minimum absolute atomic E-state index is 0.0758. The van der Waals surface area contributed by atoms with Gasteiger partial charge in [-0.05, 0) is 30.2 Å². The minimum atomic E-state index is -1.12.